The van der Waals surface area contributed by atoms with E-state index in [0.717, 1.165) is 24.1 Å². The van der Waals surface area contributed by atoms with Gasteiger partial charge in [-0.05, 0) is 30.7 Å². The van der Waals surface area contributed by atoms with Crippen LogP contribution >= 0.6 is 22.9 Å². The topological polar surface area (TPSA) is 42.2 Å². The Bertz CT molecular complexity index is 1110. The number of nitrogens with one attached hydrogen (secondary N) is 1. The van der Waals surface area contributed by atoms with E-state index in [-0.39, 0.29) is 5.91 Å². The van der Waals surface area contributed by atoms with E-state index in [0.29, 0.717) is 29.5 Å². The van der Waals surface area contributed by atoms with Crippen molar-refractivity contribution < 1.29 is 14.1 Å². The van der Waals surface area contributed by atoms with Gasteiger partial charge in [0, 0.05) is 18.1 Å². The highest BCUT2D eigenvalue weighted by molar-refractivity contribution is 7.09. The molecular formula is C32H44ClN2O2S+. The van der Waals surface area contributed by atoms with E-state index in [9.17, 15) is 4.79 Å². The molecule has 1 aromatic heterocycles. The van der Waals surface area contributed by atoms with Gasteiger partial charge in [-0.3, -0.25) is 4.79 Å². The highest BCUT2D eigenvalue weighted by Crippen LogP contribution is 2.27. The average Bonchev–Trinajstić information content (AvgIpc) is 3.32. The molecule has 2 aromatic carbocycles. The second kappa shape index (κ2) is 17.3. The number of rotatable bonds is 18. The Kier molecular flexibility index (Phi) is 13.7. The van der Waals surface area contributed by atoms with Crippen molar-refractivity contribution in [2.75, 3.05) is 11.9 Å². The number of benzene rings is 2. The van der Waals surface area contributed by atoms with E-state index in [1.807, 2.05) is 24.3 Å². The number of thiazole rings is 1. The van der Waals surface area contributed by atoms with Crippen LogP contribution in [0.1, 0.15) is 105 Å². The number of aromatic nitrogens is 1. The van der Waals surface area contributed by atoms with Gasteiger partial charge in [-0.2, -0.15) is 4.57 Å². The predicted octanol–water partition coefficient (Wildman–Crippen LogP) is 9.38. The highest BCUT2D eigenvalue weighted by Gasteiger charge is 2.15. The molecule has 0 aliphatic heterocycles. The van der Waals surface area contributed by atoms with Gasteiger partial charge in [0.2, 0.25) is 5.01 Å². The van der Waals surface area contributed by atoms with Crippen LogP contribution in [0.3, 0.4) is 0 Å². The molecule has 0 aliphatic rings. The molecule has 0 saturated carbocycles. The molecule has 3 rings (SSSR count). The molecule has 0 saturated heterocycles. The van der Waals surface area contributed by atoms with Crippen LogP contribution in [0.5, 0.6) is 5.75 Å². The van der Waals surface area contributed by atoms with E-state index in [4.69, 9.17) is 16.3 Å². The first kappa shape index (κ1) is 30.2. The van der Waals surface area contributed by atoms with E-state index in [2.05, 4.69) is 35.3 Å². The van der Waals surface area contributed by atoms with E-state index >= 15 is 0 Å². The first-order valence-electron chi connectivity index (χ1n) is 14.3. The number of amides is 1. The molecule has 4 nitrogen and oxygen atoms in total. The summed E-state index contributed by atoms with van der Waals surface area (Å²) in [6.45, 7) is 5.69. The molecule has 0 unspecified atom stereocenters. The predicted molar refractivity (Wildman–Crippen MR) is 161 cm³/mol. The molecule has 0 atom stereocenters. The molecule has 3 aromatic rings. The summed E-state index contributed by atoms with van der Waals surface area (Å²) >= 11 is 8.08. The molecule has 0 spiro atoms. The number of anilines is 1. The lowest BCUT2D eigenvalue weighted by atomic mass is 10.1. The number of para-hydroxylation sites is 1. The quantitative estimate of drug-likeness (QED) is 0.125. The van der Waals surface area contributed by atoms with Crippen LogP contribution in [0.15, 0.2) is 54.0 Å². The van der Waals surface area contributed by atoms with E-state index < -0.39 is 0 Å². The van der Waals surface area contributed by atoms with Gasteiger partial charge in [0.25, 0.3) is 5.91 Å². The first-order valence-corrected chi connectivity index (χ1v) is 15.6. The van der Waals surface area contributed by atoms with Gasteiger partial charge < -0.3 is 10.1 Å². The molecule has 0 radical (unpaired) electrons. The van der Waals surface area contributed by atoms with Gasteiger partial charge in [-0.1, -0.05) is 119 Å². The number of carbonyl (C=O) groups excluding carboxylic acids is 1. The Morgan fingerprint density at radius 1 is 0.921 bits per heavy atom. The zero-order valence-electron chi connectivity index (χ0n) is 23.1. The Balaban J connectivity index is 1.40. The molecule has 1 amide bonds. The van der Waals surface area contributed by atoms with Gasteiger partial charge >= 0.3 is 0 Å². The Morgan fingerprint density at radius 3 is 2.24 bits per heavy atom. The minimum absolute atomic E-state index is 0.170. The number of aryl methyl sites for hydroxylation is 1. The van der Waals surface area contributed by atoms with Crippen molar-refractivity contribution in [3.8, 4) is 5.75 Å². The molecule has 0 fully saturated rings. The number of halogens is 1. The maximum atomic E-state index is 13.1. The summed E-state index contributed by atoms with van der Waals surface area (Å²) in [5.74, 6) is 0.400. The lowest BCUT2D eigenvalue weighted by Gasteiger charge is -2.12. The van der Waals surface area contributed by atoms with Crippen LogP contribution in [0.25, 0.3) is 0 Å². The summed E-state index contributed by atoms with van der Waals surface area (Å²) in [6.07, 6.45) is 17.8. The molecule has 0 aliphatic carbocycles. The van der Waals surface area contributed by atoms with Gasteiger partial charge in [0.1, 0.15) is 5.75 Å². The fourth-order valence-corrected chi connectivity index (χ4v) is 5.42. The van der Waals surface area contributed by atoms with Gasteiger partial charge in [0.05, 0.1) is 22.7 Å². The summed E-state index contributed by atoms with van der Waals surface area (Å²) in [6, 6.07) is 13.2. The first-order chi connectivity index (χ1) is 18.6. The van der Waals surface area contributed by atoms with Crippen LogP contribution in [0.4, 0.5) is 5.69 Å². The van der Waals surface area contributed by atoms with Crippen molar-refractivity contribution >= 4 is 34.5 Å². The third-order valence-electron chi connectivity index (χ3n) is 6.94. The highest BCUT2D eigenvalue weighted by atomic mass is 35.5. The Morgan fingerprint density at radius 2 is 1.58 bits per heavy atom. The standard InChI is InChI=1S/C32H43ClN2O2S/c1-3-4-5-6-7-8-9-10-11-12-13-16-22-37-31-24-27(19-20-29(31)33)32(36)34-30-18-15-14-17-28(30)25-35-21-23-38-26(35)2/h14-15,17-21,23-24H,3-13,16,22,25H2,1-2H3/p+1. The van der Waals surface area contributed by atoms with Crippen molar-refractivity contribution in [1.82, 2.24) is 0 Å². The molecular weight excluding hydrogens is 512 g/mol. The number of unbranched alkanes of at least 4 members (excludes halogenated alkanes) is 11. The second-order valence-electron chi connectivity index (χ2n) is 10.0. The van der Waals surface area contributed by atoms with Crippen LogP contribution in [-0.4, -0.2) is 12.5 Å². The maximum absolute atomic E-state index is 13.1. The van der Waals surface area contributed by atoms with Crippen molar-refractivity contribution in [2.45, 2.75) is 97.4 Å². The largest absolute Gasteiger partial charge is 0.492 e. The second-order valence-corrected chi connectivity index (χ2v) is 11.5. The summed E-state index contributed by atoms with van der Waals surface area (Å²) in [5.41, 5.74) is 2.41. The van der Waals surface area contributed by atoms with E-state index in [1.165, 1.54) is 69.2 Å². The molecule has 1 heterocycles. The lowest BCUT2D eigenvalue weighted by molar-refractivity contribution is -0.689. The van der Waals surface area contributed by atoms with Crippen LogP contribution in [0.2, 0.25) is 5.02 Å². The zero-order valence-corrected chi connectivity index (χ0v) is 24.7. The monoisotopic (exact) mass is 555 g/mol. The van der Waals surface area contributed by atoms with Crippen LogP contribution in [0, 0.1) is 6.92 Å². The Labute approximate surface area is 238 Å². The van der Waals surface area contributed by atoms with Crippen molar-refractivity contribution in [3.63, 3.8) is 0 Å². The number of hydrogen-bond acceptors (Lipinski definition) is 3. The van der Waals surface area contributed by atoms with Crippen LogP contribution < -0.4 is 14.6 Å². The fourth-order valence-electron chi connectivity index (χ4n) is 4.58. The summed E-state index contributed by atoms with van der Waals surface area (Å²) in [5, 5.41) is 6.90. The van der Waals surface area contributed by atoms with Gasteiger partial charge in [0.15, 0.2) is 12.7 Å². The zero-order chi connectivity index (χ0) is 27.0. The minimum Gasteiger partial charge on any atom is -0.492 e. The summed E-state index contributed by atoms with van der Waals surface area (Å²) < 4.78 is 8.14. The maximum Gasteiger partial charge on any atom is 0.255 e. The number of ether oxygens (including phenoxy) is 1. The molecule has 38 heavy (non-hydrogen) atoms. The molecule has 1 N–H and O–H groups in total. The van der Waals surface area contributed by atoms with E-state index in [1.54, 1.807) is 29.5 Å². The van der Waals surface area contributed by atoms with Crippen molar-refractivity contribution in [1.29, 1.82) is 0 Å². The summed E-state index contributed by atoms with van der Waals surface area (Å²) in [7, 11) is 0. The molecule has 0 bridgehead atoms. The number of hydrogen-bond donors (Lipinski definition) is 1. The fraction of sp³-hybridized carbons (Fsp3) is 0.500. The van der Waals surface area contributed by atoms with Gasteiger partial charge in [-0.25, -0.2) is 0 Å². The number of carbonyl (C=O) groups is 1. The SMILES string of the molecule is CCCCCCCCCCCCCCOc1cc(C(=O)Nc2ccccc2C[n+]2ccsc2C)ccc1Cl. The minimum atomic E-state index is -0.170. The third-order valence-corrected chi connectivity index (χ3v) is 8.08. The van der Waals surface area contributed by atoms with Crippen LogP contribution in [-0.2, 0) is 6.54 Å². The van der Waals surface area contributed by atoms with Crippen molar-refractivity contribution in [3.05, 3.63) is 75.2 Å². The summed E-state index contributed by atoms with van der Waals surface area (Å²) in [4.78, 5) is 13.1. The molecule has 206 valence electrons. The van der Waals surface area contributed by atoms with Gasteiger partial charge in [-0.15, -0.1) is 0 Å². The lowest BCUT2D eigenvalue weighted by Crippen LogP contribution is -2.34. The Hall–Kier alpha value is -2.37. The third kappa shape index (κ3) is 10.4. The van der Waals surface area contributed by atoms with Crippen molar-refractivity contribution in [2.24, 2.45) is 0 Å². The number of nitrogens with zero attached hydrogens (tertiary/aromatic N) is 1. The normalized spacial score (nSPS) is 11.0. The molecule has 6 heteroatoms. The smallest absolute Gasteiger partial charge is 0.255 e. The average molecular weight is 556 g/mol.